The highest BCUT2D eigenvalue weighted by molar-refractivity contribution is 5.77. The molecule has 0 atom stereocenters. The monoisotopic (exact) mass is 288 g/mol. The van der Waals surface area contributed by atoms with Gasteiger partial charge in [-0.3, -0.25) is 4.79 Å². The number of carbonyl (C=O) groups excluding carboxylic acids is 1. The van der Waals surface area contributed by atoms with Crippen molar-refractivity contribution in [3.8, 4) is 5.88 Å². The van der Waals surface area contributed by atoms with Crippen molar-refractivity contribution >= 4 is 5.91 Å². The fraction of sp³-hybridized carbons (Fsp3) is 0.538. The van der Waals surface area contributed by atoms with Crippen LogP contribution in [0.3, 0.4) is 0 Å². The van der Waals surface area contributed by atoms with Gasteiger partial charge in [-0.15, -0.1) is 0 Å². The molecule has 1 amide bonds. The van der Waals surface area contributed by atoms with E-state index in [1.165, 1.54) is 6.07 Å². The molecular weight excluding hydrogens is 273 g/mol. The van der Waals surface area contributed by atoms with E-state index >= 15 is 0 Å². The highest BCUT2D eigenvalue weighted by Crippen LogP contribution is 2.29. The van der Waals surface area contributed by atoms with Gasteiger partial charge in [0.1, 0.15) is 6.10 Å². The van der Waals surface area contributed by atoms with Crippen LogP contribution in [0, 0.1) is 0 Å². The number of nitrogens with zero attached hydrogens (tertiary/aromatic N) is 2. The number of pyridine rings is 1. The van der Waals surface area contributed by atoms with E-state index in [9.17, 15) is 18.0 Å². The molecule has 4 nitrogen and oxygen atoms in total. The first kappa shape index (κ1) is 14.6. The molecule has 1 fully saturated rings. The lowest BCUT2D eigenvalue weighted by molar-refractivity contribution is -0.140. The zero-order chi connectivity index (χ0) is 14.8. The summed E-state index contributed by atoms with van der Waals surface area (Å²) in [6.07, 6.45) is -2.55. The van der Waals surface area contributed by atoms with Gasteiger partial charge in [-0.25, -0.2) is 4.98 Å². The van der Waals surface area contributed by atoms with Crippen LogP contribution in [-0.2, 0) is 11.0 Å². The quantitative estimate of drug-likeness (QED) is 0.855. The van der Waals surface area contributed by atoms with Crippen LogP contribution in [0.2, 0.25) is 0 Å². The Morgan fingerprint density at radius 1 is 1.45 bits per heavy atom. The minimum Gasteiger partial charge on any atom is -0.471 e. The highest BCUT2D eigenvalue weighted by atomic mass is 19.4. The molecule has 20 heavy (non-hydrogen) atoms. The van der Waals surface area contributed by atoms with E-state index in [2.05, 4.69) is 4.98 Å². The van der Waals surface area contributed by atoms with Crippen LogP contribution in [0.1, 0.15) is 25.3 Å². The smallest absolute Gasteiger partial charge is 0.417 e. The van der Waals surface area contributed by atoms with Crippen LogP contribution < -0.4 is 4.74 Å². The summed E-state index contributed by atoms with van der Waals surface area (Å²) in [6.45, 7) is 2.85. The molecule has 110 valence electrons. The molecule has 1 aromatic rings. The average Bonchev–Trinajstić information content (AvgIpc) is 2.33. The first-order valence-electron chi connectivity index (χ1n) is 6.38. The number of alkyl halides is 3. The lowest BCUT2D eigenvalue weighted by atomic mass is 10.1. The minimum absolute atomic E-state index is 0.0766. The van der Waals surface area contributed by atoms with Crippen molar-refractivity contribution in [2.45, 2.75) is 32.0 Å². The van der Waals surface area contributed by atoms with Crippen molar-refractivity contribution in [3.63, 3.8) is 0 Å². The predicted molar refractivity (Wildman–Crippen MR) is 65.1 cm³/mol. The Bertz CT molecular complexity index is 467. The van der Waals surface area contributed by atoms with Crippen molar-refractivity contribution in [1.82, 2.24) is 9.88 Å². The molecule has 1 aromatic heterocycles. The Balaban J connectivity index is 1.83. The van der Waals surface area contributed by atoms with Crippen molar-refractivity contribution in [2.24, 2.45) is 0 Å². The van der Waals surface area contributed by atoms with Crippen LogP contribution in [0.4, 0.5) is 13.2 Å². The molecule has 0 spiro atoms. The van der Waals surface area contributed by atoms with Gasteiger partial charge in [0.05, 0.1) is 18.7 Å². The summed E-state index contributed by atoms with van der Waals surface area (Å²) >= 11 is 0. The summed E-state index contributed by atoms with van der Waals surface area (Å²) < 4.78 is 42.4. The van der Waals surface area contributed by atoms with Crippen molar-refractivity contribution < 1.29 is 22.7 Å². The second-order valence-electron chi connectivity index (χ2n) is 4.67. The molecule has 7 heteroatoms. The molecule has 2 heterocycles. The Morgan fingerprint density at radius 3 is 2.65 bits per heavy atom. The third-order valence-corrected chi connectivity index (χ3v) is 3.02. The highest BCUT2D eigenvalue weighted by Gasteiger charge is 2.33. The molecule has 1 aliphatic rings. The molecule has 2 rings (SSSR count). The third kappa shape index (κ3) is 3.40. The summed E-state index contributed by atoms with van der Waals surface area (Å²) in [5.41, 5.74) is -0.807. The van der Waals surface area contributed by atoms with Gasteiger partial charge in [0.2, 0.25) is 11.8 Å². The number of aromatic nitrogens is 1. The summed E-state index contributed by atoms with van der Waals surface area (Å²) in [5, 5.41) is 0. The van der Waals surface area contributed by atoms with Crippen LogP contribution in [0.5, 0.6) is 5.88 Å². The molecule has 0 aliphatic carbocycles. The number of ether oxygens (including phenoxy) is 1. The van der Waals surface area contributed by atoms with E-state index in [4.69, 9.17) is 4.74 Å². The van der Waals surface area contributed by atoms with Crippen molar-refractivity contribution in [2.75, 3.05) is 13.1 Å². The molecule has 0 radical (unpaired) electrons. The molecular formula is C13H15F3N2O2. The molecule has 1 saturated heterocycles. The predicted octanol–water partition coefficient (Wildman–Crippen LogP) is 2.49. The number of carbonyl (C=O) groups is 1. The van der Waals surface area contributed by atoms with Crippen molar-refractivity contribution in [3.05, 3.63) is 23.9 Å². The SMILES string of the molecule is CCCC(=O)N1CC(Oc2ccc(C(F)(F)F)cn2)C1. The maximum Gasteiger partial charge on any atom is 0.417 e. The molecule has 1 aliphatic heterocycles. The Kier molecular flexibility index (Phi) is 4.15. The van der Waals surface area contributed by atoms with E-state index < -0.39 is 11.7 Å². The van der Waals surface area contributed by atoms with Gasteiger partial charge < -0.3 is 9.64 Å². The van der Waals surface area contributed by atoms with E-state index in [0.29, 0.717) is 19.5 Å². The standard InChI is InChI=1S/C13H15F3N2O2/c1-2-3-12(19)18-7-10(8-18)20-11-5-4-9(6-17-11)13(14,15)16/h4-6,10H,2-3,7-8H2,1H3. The maximum absolute atomic E-state index is 12.3. The minimum atomic E-state index is -4.40. The zero-order valence-electron chi connectivity index (χ0n) is 11.0. The molecule has 0 N–H and O–H groups in total. The second kappa shape index (κ2) is 5.68. The zero-order valence-corrected chi connectivity index (χ0v) is 11.0. The van der Waals surface area contributed by atoms with Gasteiger partial charge in [-0.1, -0.05) is 6.92 Å². The van der Waals surface area contributed by atoms with Gasteiger partial charge in [-0.2, -0.15) is 13.2 Å². The van der Waals surface area contributed by atoms with Gasteiger partial charge in [0.15, 0.2) is 0 Å². The first-order valence-corrected chi connectivity index (χ1v) is 6.38. The molecule has 0 bridgehead atoms. The Labute approximate surface area is 114 Å². The summed E-state index contributed by atoms with van der Waals surface area (Å²) in [5.74, 6) is 0.221. The van der Waals surface area contributed by atoms with Crippen LogP contribution in [0.25, 0.3) is 0 Å². The normalized spacial score (nSPS) is 15.9. The number of rotatable bonds is 4. The second-order valence-corrected chi connectivity index (χ2v) is 4.67. The number of hydrogen-bond donors (Lipinski definition) is 0. The Hall–Kier alpha value is -1.79. The van der Waals surface area contributed by atoms with Gasteiger partial charge in [0, 0.05) is 18.7 Å². The fourth-order valence-electron chi connectivity index (χ4n) is 1.88. The van der Waals surface area contributed by atoms with E-state index in [0.717, 1.165) is 18.7 Å². The average molecular weight is 288 g/mol. The molecule has 0 aromatic carbocycles. The Morgan fingerprint density at radius 2 is 2.15 bits per heavy atom. The topological polar surface area (TPSA) is 42.4 Å². The van der Waals surface area contributed by atoms with Crippen LogP contribution in [-0.4, -0.2) is 35.0 Å². The van der Waals surface area contributed by atoms with Gasteiger partial charge >= 0.3 is 6.18 Å². The number of likely N-dealkylation sites (tertiary alicyclic amines) is 1. The number of amides is 1. The lowest BCUT2D eigenvalue weighted by Gasteiger charge is -2.38. The fourth-order valence-corrected chi connectivity index (χ4v) is 1.88. The first-order chi connectivity index (χ1) is 9.40. The van der Waals surface area contributed by atoms with E-state index in [-0.39, 0.29) is 17.9 Å². The van der Waals surface area contributed by atoms with Gasteiger partial charge in [0.25, 0.3) is 0 Å². The number of halogens is 3. The van der Waals surface area contributed by atoms with E-state index in [1.54, 1.807) is 4.90 Å². The summed E-state index contributed by atoms with van der Waals surface area (Å²) in [4.78, 5) is 16.8. The molecule has 0 saturated carbocycles. The van der Waals surface area contributed by atoms with E-state index in [1.807, 2.05) is 6.92 Å². The van der Waals surface area contributed by atoms with Gasteiger partial charge in [-0.05, 0) is 12.5 Å². The largest absolute Gasteiger partial charge is 0.471 e. The summed E-state index contributed by atoms with van der Waals surface area (Å²) in [6, 6.07) is 2.13. The molecule has 0 unspecified atom stereocenters. The van der Waals surface area contributed by atoms with Crippen LogP contribution >= 0.6 is 0 Å². The summed E-state index contributed by atoms with van der Waals surface area (Å²) in [7, 11) is 0. The maximum atomic E-state index is 12.3. The van der Waals surface area contributed by atoms with Crippen molar-refractivity contribution in [1.29, 1.82) is 0 Å². The number of hydrogen-bond acceptors (Lipinski definition) is 3. The lowest BCUT2D eigenvalue weighted by Crippen LogP contribution is -2.56. The third-order valence-electron chi connectivity index (χ3n) is 3.02. The van der Waals surface area contributed by atoms with Crippen LogP contribution in [0.15, 0.2) is 18.3 Å².